The van der Waals surface area contributed by atoms with Crippen molar-refractivity contribution in [3.63, 3.8) is 0 Å². The van der Waals surface area contributed by atoms with Crippen LogP contribution in [-0.4, -0.2) is 39.9 Å². The summed E-state index contributed by atoms with van der Waals surface area (Å²) < 4.78 is 4.66. The van der Waals surface area contributed by atoms with E-state index < -0.39 is 5.97 Å². The van der Waals surface area contributed by atoms with Crippen molar-refractivity contribution < 1.29 is 14.3 Å². The fourth-order valence-corrected chi connectivity index (χ4v) is 3.03. The van der Waals surface area contributed by atoms with Crippen LogP contribution in [0.15, 0.2) is 53.7 Å². The molecule has 0 aliphatic carbocycles. The zero-order chi connectivity index (χ0) is 19.2. The third-order valence-corrected chi connectivity index (χ3v) is 4.68. The molecule has 7 nitrogen and oxygen atoms in total. The Balaban J connectivity index is 1.59. The minimum Gasteiger partial charge on any atom is -0.465 e. The van der Waals surface area contributed by atoms with E-state index in [1.807, 2.05) is 30.3 Å². The molecule has 0 saturated heterocycles. The fraction of sp³-hybridized carbons (Fsp3) is 0.111. The Morgan fingerprint density at radius 3 is 2.74 bits per heavy atom. The Morgan fingerprint density at radius 2 is 2.00 bits per heavy atom. The molecule has 3 aromatic rings. The number of anilines is 1. The maximum Gasteiger partial charge on any atom is 0.339 e. The summed E-state index contributed by atoms with van der Waals surface area (Å²) in [6.45, 7) is 0. The summed E-state index contributed by atoms with van der Waals surface area (Å²) >= 11 is 7.16. The number of ether oxygens (including phenoxy) is 1. The molecule has 0 aliphatic rings. The van der Waals surface area contributed by atoms with Crippen molar-refractivity contribution in [3.8, 4) is 11.4 Å². The largest absolute Gasteiger partial charge is 0.465 e. The van der Waals surface area contributed by atoms with Gasteiger partial charge in [-0.1, -0.05) is 53.7 Å². The predicted molar refractivity (Wildman–Crippen MR) is 104 cm³/mol. The van der Waals surface area contributed by atoms with E-state index in [0.717, 1.165) is 5.56 Å². The lowest BCUT2D eigenvalue weighted by atomic mass is 10.2. The molecule has 0 saturated carbocycles. The Morgan fingerprint density at radius 1 is 1.22 bits per heavy atom. The minimum absolute atomic E-state index is 0.113. The first kappa shape index (κ1) is 18.9. The van der Waals surface area contributed by atoms with Gasteiger partial charge < -0.3 is 10.1 Å². The maximum atomic E-state index is 12.2. The number of halogens is 1. The van der Waals surface area contributed by atoms with E-state index in [0.29, 0.717) is 16.7 Å². The highest BCUT2D eigenvalue weighted by Gasteiger charge is 2.13. The van der Waals surface area contributed by atoms with Gasteiger partial charge in [0.1, 0.15) is 0 Å². The third kappa shape index (κ3) is 4.87. The highest BCUT2D eigenvalue weighted by molar-refractivity contribution is 7.99. The molecule has 9 heteroatoms. The number of methoxy groups -OCH3 is 1. The molecule has 1 heterocycles. The van der Waals surface area contributed by atoms with Crippen molar-refractivity contribution in [2.45, 2.75) is 5.16 Å². The van der Waals surface area contributed by atoms with E-state index in [1.165, 1.54) is 31.0 Å². The van der Waals surface area contributed by atoms with Crippen molar-refractivity contribution in [2.75, 3.05) is 18.2 Å². The Labute approximate surface area is 164 Å². The molecule has 0 radical (unpaired) electrons. The minimum atomic E-state index is -0.570. The number of thioether (sulfide) groups is 1. The van der Waals surface area contributed by atoms with E-state index >= 15 is 0 Å². The van der Waals surface area contributed by atoms with Gasteiger partial charge in [0.05, 0.1) is 23.4 Å². The number of carbonyl (C=O) groups excluding carboxylic acids is 2. The first-order valence-electron chi connectivity index (χ1n) is 7.85. The average Bonchev–Trinajstić information content (AvgIpc) is 3.17. The highest BCUT2D eigenvalue weighted by Crippen LogP contribution is 2.22. The number of rotatable bonds is 6. The quantitative estimate of drug-likeness (QED) is 0.482. The number of hydrogen-bond acceptors (Lipinski definition) is 6. The number of aromatic amines is 1. The van der Waals surface area contributed by atoms with Crippen LogP contribution < -0.4 is 5.32 Å². The first-order chi connectivity index (χ1) is 13.1. The van der Waals surface area contributed by atoms with E-state index in [2.05, 4.69) is 25.2 Å². The van der Waals surface area contributed by atoms with Crippen LogP contribution in [0.2, 0.25) is 5.02 Å². The standard InChI is InChI=1S/C18H15ClN4O3S/c1-26-17(25)13-9-12(7-8-14(13)19)20-15(24)10-27-18-21-16(22-23-18)11-5-3-2-4-6-11/h2-9H,10H2,1H3,(H,20,24)(H,21,22,23). The van der Waals surface area contributed by atoms with Gasteiger partial charge in [0.25, 0.3) is 0 Å². The fourth-order valence-electron chi connectivity index (χ4n) is 2.23. The van der Waals surface area contributed by atoms with Gasteiger partial charge in [-0.3, -0.25) is 9.89 Å². The third-order valence-electron chi connectivity index (χ3n) is 3.50. The molecule has 0 atom stereocenters. The van der Waals surface area contributed by atoms with Gasteiger partial charge in [-0.2, -0.15) is 0 Å². The Hall–Kier alpha value is -2.84. The average molecular weight is 403 g/mol. The van der Waals surface area contributed by atoms with Gasteiger partial charge >= 0.3 is 5.97 Å². The number of benzene rings is 2. The molecule has 2 aromatic carbocycles. The normalized spacial score (nSPS) is 10.4. The van der Waals surface area contributed by atoms with Gasteiger partial charge in [0.2, 0.25) is 11.1 Å². The second kappa shape index (κ2) is 8.70. The monoisotopic (exact) mass is 402 g/mol. The topological polar surface area (TPSA) is 97.0 Å². The van der Waals surface area contributed by atoms with E-state index in [9.17, 15) is 9.59 Å². The molecule has 0 fully saturated rings. The molecule has 0 aliphatic heterocycles. The maximum absolute atomic E-state index is 12.2. The Bertz CT molecular complexity index is 962. The van der Waals surface area contributed by atoms with Crippen LogP contribution in [0.4, 0.5) is 5.69 Å². The van der Waals surface area contributed by atoms with Crippen molar-refractivity contribution in [1.29, 1.82) is 0 Å². The molecule has 0 bridgehead atoms. The molecule has 138 valence electrons. The van der Waals surface area contributed by atoms with Gasteiger partial charge in [0.15, 0.2) is 5.82 Å². The van der Waals surface area contributed by atoms with Crippen LogP contribution in [-0.2, 0) is 9.53 Å². The number of hydrogen-bond donors (Lipinski definition) is 2. The van der Waals surface area contributed by atoms with Gasteiger partial charge in [-0.15, -0.1) is 5.10 Å². The molecular formula is C18H15ClN4O3S. The predicted octanol–water partition coefficient (Wildman–Crippen LogP) is 3.64. The molecule has 0 spiro atoms. The van der Waals surface area contributed by atoms with Crippen LogP contribution in [0.1, 0.15) is 10.4 Å². The smallest absolute Gasteiger partial charge is 0.339 e. The lowest BCUT2D eigenvalue weighted by Crippen LogP contribution is -2.14. The van der Waals surface area contributed by atoms with Crippen LogP contribution in [0.25, 0.3) is 11.4 Å². The van der Waals surface area contributed by atoms with Crippen LogP contribution >= 0.6 is 23.4 Å². The van der Waals surface area contributed by atoms with Gasteiger partial charge in [-0.25, -0.2) is 9.78 Å². The van der Waals surface area contributed by atoms with Gasteiger partial charge in [-0.05, 0) is 18.2 Å². The van der Waals surface area contributed by atoms with Crippen molar-refractivity contribution >= 4 is 40.9 Å². The summed E-state index contributed by atoms with van der Waals surface area (Å²) in [4.78, 5) is 28.2. The van der Waals surface area contributed by atoms with E-state index in [4.69, 9.17) is 11.6 Å². The summed E-state index contributed by atoms with van der Waals surface area (Å²) in [5.41, 5.74) is 1.55. The molecular weight excluding hydrogens is 388 g/mol. The van der Waals surface area contributed by atoms with E-state index in [1.54, 1.807) is 6.07 Å². The zero-order valence-corrected chi connectivity index (χ0v) is 15.8. The molecule has 27 heavy (non-hydrogen) atoms. The number of nitrogens with zero attached hydrogens (tertiary/aromatic N) is 2. The molecule has 2 N–H and O–H groups in total. The van der Waals surface area contributed by atoms with Crippen LogP contribution in [0, 0.1) is 0 Å². The van der Waals surface area contributed by atoms with Gasteiger partial charge in [0, 0.05) is 11.3 Å². The van der Waals surface area contributed by atoms with Crippen molar-refractivity contribution in [2.24, 2.45) is 0 Å². The lowest BCUT2D eigenvalue weighted by Gasteiger charge is -2.07. The number of nitrogens with one attached hydrogen (secondary N) is 2. The second-order valence-electron chi connectivity index (χ2n) is 5.36. The number of carbonyl (C=O) groups is 2. The lowest BCUT2D eigenvalue weighted by molar-refractivity contribution is -0.113. The summed E-state index contributed by atoms with van der Waals surface area (Å²) in [5.74, 6) is -0.0785. The highest BCUT2D eigenvalue weighted by atomic mass is 35.5. The number of aromatic nitrogens is 3. The summed E-state index contributed by atoms with van der Waals surface area (Å²) in [7, 11) is 1.27. The number of amides is 1. The first-order valence-corrected chi connectivity index (χ1v) is 9.21. The molecule has 1 aromatic heterocycles. The molecule has 0 unspecified atom stereocenters. The summed E-state index contributed by atoms with van der Waals surface area (Å²) in [6, 6.07) is 14.2. The second-order valence-corrected chi connectivity index (χ2v) is 6.71. The number of esters is 1. The van der Waals surface area contributed by atoms with Crippen molar-refractivity contribution in [1.82, 2.24) is 15.2 Å². The summed E-state index contributed by atoms with van der Waals surface area (Å²) in [6.07, 6.45) is 0. The van der Waals surface area contributed by atoms with Crippen LogP contribution in [0.3, 0.4) is 0 Å². The van der Waals surface area contributed by atoms with E-state index in [-0.39, 0.29) is 22.2 Å². The zero-order valence-electron chi connectivity index (χ0n) is 14.2. The molecule has 3 rings (SSSR count). The SMILES string of the molecule is COC(=O)c1cc(NC(=O)CSc2n[nH]c(-c3ccccc3)n2)ccc1Cl. The Kier molecular flexibility index (Phi) is 6.10. The number of H-pyrrole nitrogens is 1. The van der Waals surface area contributed by atoms with Crippen molar-refractivity contribution in [3.05, 3.63) is 59.1 Å². The van der Waals surface area contributed by atoms with Crippen LogP contribution in [0.5, 0.6) is 0 Å². The molecule has 1 amide bonds. The summed E-state index contributed by atoms with van der Waals surface area (Å²) in [5, 5.41) is 10.4.